The molecule has 1 saturated heterocycles. The maximum absolute atomic E-state index is 11.9. The summed E-state index contributed by atoms with van der Waals surface area (Å²) in [5.74, 6) is 1.37. The van der Waals surface area contributed by atoms with Crippen molar-refractivity contribution in [3.05, 3.63) is 0 Å². The van der Waals surface area contributed by atoms with Gasteiger partial charge in [-0.15, -0.1) is 0 Å². The zero-order valence-electron chi connectivity index (χ0n) is 11.4. The number of likely N-dealkylation sites (tertiary alicyclic amines) is 1. The van der Waals surface area contributed by atoms with Crippen molar-refractivity contribution in [2.75, 3.05) is 26.2 Å². The first-order valence-electron chi connectivity index (χ1n) is 6.82. The molecule has 4 heteroatoms. The molecule has 17 heavy (non-hydrogen) atoms. The Kier molecular flexibility index (Phi) is 5.92. The standard InChI is InChI=1S/C13H27N3O/c1-4-6-15-13(17)11(3)16-7-5-10(2)12(8-14)9-16/h10-12H,4-9,14H2,1-3H3,(H,15,17). The van der Waals surface area contributed by atoms with Crippen LogP contribution in [-0.2, 0) is 4.79 Å². The van der Waals surface area contributed by atoms with E-state index in [-0.39, 0.29) is 11.9 Å². The number of amides is 1. The smallest absolute Gasteiger partial charge is 0.237 e. The van der Waals surface area contributed by atoms with Crippen LogP contribution in [0.15, 0.2) is 0 Å². The fraction of sp³-hybridized carbons (Fsp3) is 0.923. The number of carbonyl (C=O) groups excluding carboxylic acids is 1. The molecule has 0 bridgehead atoms. The van der Waals surface area contributed by atoms with Crippen molar-refractivity contribution >= 4 is 5.91 Å². The van der Waals surface area contributed by atoms with E-state index in [4.69, 9.17) is 5.73 Å². The SMILES string of the molecule is CCCNC(=O)C(C)N1CCC(C)C(CN)C1. The van der Waals surface area contributed by atoms with E-state index < -0.39 is 0 Å². The minimum absolute atomic E-state index is 0.0249. The van der Waals surface area contributed by atoms with Crippen LogP contribution in [0, 0.1) is 11.8 Å². The summed E-state index contributed by atoms with van der Waals surface area (Å²) in [5, 5.41) is 2.96. The topological polar surface area (TPSA) is 58.4 Å². The molecule has 0 aromatic carbocycles. The molecule has 1 rings (SSSR count). The van der Waals surface area contributed by atoms with Crippen molar-refractivity contribution in [3.63, 3.8) is 0 Å². The third kappa shape index (κ3) is 3.96. The summed E-state index contributed by atoms with van der Waals surface area (Å²) in [5.41, 5.74) is 5.79. The maximum atomic E-state index is 11.9. The number of nitrogens with one attached hydrogen (secondary N) is 1. The molecule has 4 nitrogen and oxygen atoms in total. The second kappa shape index (κ2) is 6.97. The summed E-state index contributed by atoms with van der Waals surface area (Å²) in [6.07, 6.45) is 2.13. The molecular weight excluding hydrogens is 214 g/mol. The van der Waals surface area contributed by atoms with Crippen molar-refractivity contribution in [2.24, 2.45) is 17.6 Å². The highest BCUT2D eigenvalue weighted by atomic mass is 16.2. The summed E-state index contributed by atoms with van der Waals surface area (Å²) in [6.45, 7) is 9.79. The van der Waals surface area contributed by atoms with Gasteiger partial charge in [-0.3, -0.25) is 9.69 Å². The molecule has 0 aromatic rings. The third-order valence-electron chi connectivity index (χ3n) is 3.92. The Labute approximate surface area is 105 Å². The predicted octanol–water partition coefficient (Wildman–Crippen LogP) is 0.818. The minimum atomic E-state index is -0.0249. The van der Waals surface area contributed by atoms with Crippen molar-refractivity contribution < 1.29 is 4.79 Å². The Morgan fingerprint density at radius 3 is 2.88 bits per heavy atom. The minimum Gasteiger partial charge on any atom is -0.355 e. The van der Waals surface area contributed by atoms with E-state index in [1.807, 2.05) is 6.92 Å². The molecule has 3 atom stereocenters. The molecule has 0 spiro atoms. The molecule has 3 unspecified atom stereocenters. The van der Waals surface area contributed by atoms with Crippen molar-refractivity contribution in [1.29, 1.82) is 0 Å². The van der Waals surface area contributed by atoms with Crippen LogP contribution in [0.25, 0.3) is 0 Å². The van der Waals surface area contributed by atoms with Crippen molar-refractivity contribution in [1.82, 2.24) is 10.2 Å². The number of carbonyl (C=O) groups is 1. The second-order valence-corrected chi connectivity index (χ2v) is 5.22. The summed E-state index contributed by atoms with van der Waals surface area (Å²) >= 11 is 0. The summed E-state index contributed by atoms with van der Waals surface area (Å²) in [4.78, 5) is 14.2. The van der Waals surface area contributed by atoms with Gasteiger partial charge in [-0.25, -0.2) is 0 Å². The first-order chi connectivity index (χ1) is 8.10. The van der Waals surface area contributed by atoms with Gasteiger partial charge < -0.3 is 11.1 Å². The number of piperidine rings is 1. The fourth-order valence-electron chi connectivity index (χ4n) is 2.40. The molecule has 3 N–H and O–H groups in total. The maximum Gasteiger partial charge on any atom is 0.237 e. The average Bonchev–Trinajstić information content (AvgIpc) is 2.35. The summed E-state index contributed by atoms with van der Waals surface area (Å²) in [7, 11) is 0. The van der Waals surface area contributed by atoms with E-state index in [9.17, 15) is 4.79 Å². The van der Waals surface area contributed by atoms with E-state index in [0.29, 0.717) is 11.8 Å². The Morgan fingerprint density at radius 1 is 1.59 bits per heavy atom. The molecule has 1 amide bonds. The van der Waals surface area contributed by atoms with Gasteiger partial charge in [-0.2, -0.15) is 0 Å². The Bertz CT molecular complexity index is 245. The highest BCUT2D eigenvalue weighted by molar-refractivity contribution is 5.81. The number of nitrogens with two attached hydrogens (primary N) is 1. The fourth-order valence-corrected chi connectivity index (χ4v) is 2.40. The van der Waals surface area contributed by atoms with Crippen LogP contribution in [0.4, 0.5) is 0 Å². The zero-order chi connectivity index (χ0) is 12.8. The quantitative estimate of drug-likeness (QED) is 0.749. The molecule has 0 aromatic heterocycles. The Morgan fingerprint density at radius 2 is 2.29 bits per heavy atom. The lowest BCUT2D eigenvalue weighted by Gasteiger charge is -2.39. The average molecular weight is 241 g/mol. The second-order valence-electron chi connectivity index (χ2n) is 5.22. The van der Waals surface area contributed by atoms with Crippen molar-refractivity contribution in [3.8, 4) is 0 Å². The molecule has 1 heterocycles. The molecular formula is C13H27N3O. The van der Waals surface area contributed by atoms with E-state index >= 15 is 0 Å². The monoisotopic (exact) mass is 241 g/mol. The molecule has 1 aliphatic heterocycles. The first kappa shape index (κ1) is 14.5. The lowest BCUT2D eigenvalue weighted by atomic mass is 9.86. The van der Waals surface area contributed by atoms with Gasteiger partial charge in [0.25, 0.3) is 0 Å². The largest absolute Gasteiger partial charge is 0.355 e. The van der Waals surface area contributed by atoms with Crippen LogP contribution in [0.1, 0.15) is 33.6 Å². The number of rotatable bonds is 5. The van der Waals surface area contributed by atoms with E-state index in [2.05, 4.69) is 24.1 Å². The van der Waals surface area contributed by atoms with Gasteiger partial charge in [0.2, 0.25) is 5.91 Å². The zero-order valence-corrected chi connectivity index (χ0v) is 11.4. The van der Waals surface area contributed by atoms with Gasteiger partial charge in [0.15, 0.2) is 0 Å². The third-order valence-corrected chi connectivity index (χ3v) is 3.92. The summed E-state index contributed by atoms with van der Waals surface area (Å²) in [6, 6.07) is -0.0249. The van der Waals surface area contributed by atoms with Crippen LogP contribution in [0.2, 0.25) is 0 Å². The lowest BCUT2D eigenvalue weighted by Crippen LogP contribution is -2.51. The van der Waals surface area contributed by atoms with Crippen LogP contribution in [0.3, 0.4) is 0 Å². The van der Waals surface area contributed by atoms with E-state index in [1.54, 1.807) is 0 Å². The molecule has 0 aliphatic carbocycles. The number of hydrogen-bond acceptors (Lipinski definition) is 3. The summed E-state index contributed by atoms with van der Waals surface area (Å²) < 4.78 is 0. The molecule has 0 saturated carbocycles. The highest BCUT2D eigenvalue weighted by Gasteiger charge is 2.30. The van der Waals surface area contributed by atoms with Gasteiger partial charge in [0.05, 0.1) is 6.04 Å². The van der Waals surface area contributed by atoms with Gasteiger partial charge >= 0.3 is 0 Å². The number of hydrogen-bond donors (Lipinski definition) is 2. The van der Waals surface area contributed by atoms with E-state index in [0.717, 1.165) is 39.0 Å². The highest BCUT2D eigenvalue weighted by Crippen LogP contribution is 2.23. The van der Waals surface area contributed by atoms with E-state index in [1.165, 1.54) is 0 Å². The molecule has 1 aliphatic rings. The Hall–Kier alpha value is -0.610. The van der Waals surface area contributed by atoms with Crippen LogP contribution in [-0.4, -0.2) is 43.0 Å². The van der Waals surface area contributed by atoms with Crippen molar-refractivity contribution in [2.45, 2.75) is 39.7 Å². The number of nitrogens with zero attached hydrogens (tertiary/aromatic N) is 1. The van der Waals surface area contributed by atoms with Gasteiger partial charge in [-0.05, 0) is 44.7 Å². The van der Waals surface area contributed by atoms with Crippen LogP contribution < -0.4 is 11.1 Å². The molecule has 0 radical (unpaired) electrons. The van der Waals surface area contributed by atoms with Crippen LogP contribution >= 0.6 is 0 Å². The predicted molar refractivity (Wildman–Crippen MR) is 70.7 cm³/mol. The first-order valence-corrected chi connectivity index (χ1v) is 6.82. The molecule has 100 valence electrons. The van der Waals surface area contributed by atoms with Gasteiger partial charge in [0.1, 0.15) is 0 Å². The molecule has 1 fully saturated rings. The lowest BCUT2D eigenvalue weighted by molar-refractivity contribution is -0.126. The Balaban J connectivity index is 2.46. The normalized spacial score (nSPS) is 27.8. The van der Waals surface area contributed by atoms with Gasteiger partial charge in [-0.1, -0.05) is 13.8 Å². The van der Waals surface area contributed by atoms with Gasteiger partial charge in [0, 0.05) is 13.1 Å². The van der Waals surface area contributed by atoms with Crippen LogP contribution in [0.5, 0.6) is 0 Å².